The molecular formula is C13H17ClN2O2. The Morgan fingerprint density at radius 3 is 2.89 bits per heavy atom. The van der Waals surface area contributed by atoms with Crippen LogP contribution >= 0.6 is 11.6 Å². The molecule has 0 unspecified atom stereocenters. The summed E-state index contributed by atoms with van der Waals surface area (Å²) >= 11 is 6.07. The quantitative estimate of drug-likeness (QED) is 0.373. The van der Waals surface area contributed by atoms with Gasteiger partial charge in [0.25, 0.3) is 0 Å². The van der Waals surface area contributed by atoms with Gasteiger partial charge in [-0.25, -0.2) is 0 Å². The maximum absolute atomic E-state index is 8.59. The Bertz CT molecular complexity index is 470. The Morgan fingerprint density at radius 2 is 2.28 bits per heavy atom. The third-order valence-electron chi connectivity index (χ3n) is 3.26. The first-order chi connectivity index (χ1) is 8.54. The van der Waals surface area contributed by atoms with Crippen molar-refractivity contribution in [3.63, 3.8) is 0 Å². The normalized spacial score (nSPS) is 17.6. The van der Waals surface area contributed by atoms with Gasteiger partial charge in [0.2, 0.25) is 0 Å². The molecule has 0 bridgehead atoms. The number of nitrogens with zero attached hydrogens (tertiary/aromatic N) is 1. The van der Waals surface area contributed by atoms with Crippen molar-refractivity contribution >= 4 is 17.4 Å². The highest BCUT2D eigenvalue weighted by Gasteiger charge is 2.44. The van der Waals surface area contributed by atoms with Gasteiger partial charge in [0, 0.05) is 11.8 Å². The first-order valence-electron chi connectivity index (χ1n) is 5.90. The largest absolute Gasteiger partial charge is 0.491 e. The summed E-state index contributed by atoms with van der Waals surface area (Å²) in [6.07, 6.45) is 2.63. The lowest BCUT2D eigenvalue weighted by Gasteiger charge is -2.16. The molecule has 5 heteroatoms. The second kappa shape index (κ2) is 5.06. The van der Waals surface area contributed by atoms with Gasteiger partial charge in [0.05, 0.1) is 11.6 Å². The van der Waals surface area contributed by atoms with E-state index in [2.05, 4.69) is 5.16 Å². The third kappa shape index (κ3) is 3.07. The van der Waals surface area contributed by atoms with E-state index in [1.807, 2.05) is 25.1 Å². The Kier molecular flexibility index (Phi) is 3.66. The van der Waals surface area contributed by atoms with E-state index in [9.17, 15) is 0 Å². The predicted octanol–water partition coefficient (Wildman–Crippen LogP) is 2.94. The van der Waals surface area contributed by atoms with Crippen LogP contribution in [0.2, 0.25) is 5.02 Å². The number of halogens is 1. The number of aryl methyl sites for hydroxylation is 1. The summed E-state index contributed by atoms with van der Waals surface area (Å²) in [4.78, 5) is 0. The molecule has 0 radical (unpaired) electrons. The van der Waals surface area contributed by atoms with E-state index in [1.54, 1.807) is 0 Å². The van der Waals surface area contributed by atoms with Crippen LogP contribution in [0.25, 0.3) is 0 Å². The average Bonchev–Trinajstić information content (AvgIpc) is 3.10. The molecule has 0 atom stereocenters. The SMILES string of the molecule is Cc1ccc(Cl)c(OCC2(CC(N)=NO)CC2)c1. The van der Waals surface area contributed by atoms with Crippen LogP contribution in [-0.4, -0.2) is 17.6 Å². The molecule has 0 aromatic heterocycles. The van der Waals surface area contributed by atoms with Crippen molar-refractivity contribution in [2.24, 2.45) is 16.3 Å². The number of benzene rings is 1. The molecule has 1 aliphatic carbocycles. The minimum Gasteiger partial charge on any atom is -0.491 e. The number of ether oxygens (including phenoxy) is 1. The van der Waals surface area contributed by atoms with E-state index in [0.717, 1.165) is 18.4 Å². The van der Waals surface area contributed by atoms with Crippen LogP contribution in [0.3, 0.4) is 0 Å². The summed E-state index contributed by atoms with van der Waals surface area (Å²) in [7, 11) is 0. The fraction of sp³-hybridized carbons (Fsp3) is 0.462. The van der Waals surface area contributed by atoms with E-state index in [0.29, 0.717) is 23.8 Å². The Labute approximate surface area is 111 Å². The van der Waals surface area contributed by atoms with E-state index >= 15 is 0 Å². The van der Waals surface area contributed by atoms with Crippen LogP contribution in [0.5, 0.6) is 5.75 Å². The third-order valence-corrected chi connectivity index (χ3v) is 3.57. The van der Waals surface area contributed by atoms with Crippen molar-refractivity contribution < 1.29 is 9.94 Å². The topological polar surface area (TPSA) is 67.8 Å². The molecule has 1 fully saturated rings. The Morgan fingerprint density at radius 1 is 1.56 bits per heavy atom. The first kappa shape index (κ1) is 13.0. The van der Waals surface area contributed by atoms with Crippen LogP contribution in [-0.2, 0) is 0 Å². The number of rotatable bonds is 5. The Balaban J connectivity index is 1.97. The van der Waals surface area contributed by atoms with Crippen LogP contribution < -0.4 is 10.5 Å². The fourth-order valence-electron chi connectivity index (χ4n) is 1.92. The molecule has 2 rings (SSSR count). The number of oxime groups is 1. The van der Waals surface area contributed by atoms with Crippen molar-refractivity contribution in [2.75, 3.05) is 6.61 Å². The van der Waals surface area contributed by atoms with Crippen LogP contribution in [0, 0.1) is 12.3 Å². The van der Waals surface area contributed by atoms with Gasteiger partial charge in [-0.3, -0.25) is 0 Å². The zero-order chi connectivity index (χ0) is 13.2. The van der Waals surface area contributed by atoms with Crippen molar-refractivity contribution in [3.8, 4) is 5.75 Å². The van der Waals surface area contributed by atoms with Gasteiger partial charge in [-0.05, 0) is 37.5 Å². The average molecular weight is 269 g/mol. The molecule has 3 N–H and O–H groups in total. The minimum absolute atomic E-state index is 0.0173. The standard InChI is InChI=1S/C13H17ClN2O2/c1-9-2-3-10(14)11(6-9)18-8-13(4-5-13)7-12(15)16-17/h2-3,6,17H,4-5,7-8H2,1H3,(H2,15,16). The number of amidine groups is 1. The van der Waals surface area contributed by atoms with Crippen molar-refractivity contribution in [3.05, 3.63) is 28.8 Å². The molecule has 0 spiro atoms. The summed E-state index contributed by atoms with van der Waals surface area (Å²) in [5.41, 5.74) is 6.66. The first-order valence-corrected chi connectivity index (χ1v) is 6.28. The minimum atomic E-state index is 0.0173. The summed E-state index contributed by atoms with van der Waals surface area (Å²) in [5.74, 6) is 0.953. The molecular weight excluding hydrogens is 252 g/mol. The molecule has 1 aliphatic rings. The van der Waals surface area contributed by atoms with Gasteiger partial charge in [0.1, 0.15) is 11.6 Å². The second-order valence-electron chi connectivity index (χ2n) is 4.99. The Hall–Kier alpha value is -1.42. The molecule has 0 saturated heterocycles. The smallest absolute Gasteiger partial charge is 0.139 e. The summed E-state index contributed by atoms with van der Waals surface area (Å²) in [5, 5.41) is 12.2. The van der Waals surface area contributed by atoms with Crippen molar-refractivity contribution in [2.45, 2.75) is 26.2 Å². The van der Waals surface area contributed by atoms with Crippen LogP contribution in [0.4, 0.5) is 0 Å². The predicted molar refractivity (Wildman–Crippen MR) is 71.4 cm³/mol. The lowest BCUT2D eigenvalue weighted by atomic mass is 10.0. The van der Waals surface area contributed by atoms with Crippen molar-refractivity contribution in [1.82, 2.24) is 0 Å². The fourth-order valence-corrected chi connectivity index (χ4v) is 2.09. The molecule has 0 aliphatic heterocycles. The monoisotopic (exact) mass is 268 g/mol. The molecule has 0 heterocycles. The van der Waals surface area contributed by atoms with Gasteiger partial charge in [-0.1, -0.05) is 22.8 Å². The second-order valence-corrected chi connectivity index (χ2v) is 5.40. The molecule has 98 valence electrons. The summed E-state index contributed by atoms with van der Waals surface area (Å²) in [6, 6.07) is 5.69. The van der Waals surface area contributed by atoms with Crippen LogP contribution in [0.1, 0.15) is 24.8 Å². The summed E-state index contributed by atoms with van der Waals surface area (Å²) in [6.45, 7) is 2.54. The molecule has 18 heavy (non-hydrogen) atoms. The number of hydrogen-bond donors (Lipinski definition) is 2. The highest BCUT2D eigenvalue weighted by atomic mass is 35.5. The molecule has 0 amide bonds. The van der Waals surface area contributed by atoms with Gasteiger partial charge < -0.3 is 15.7 Å². The van der Waals surface area contributed by atoms with Gasteiger partial charge >= 0.3 is 0 Å². The van der Waals surface area contributed by atoms with Crippen molar-refractivity contribution in [1.29, 1.82) is 0 Å². The maximum Gasteiger partial charge on any atom is 0.139 e. The van der Waals surface area contributed by atoms with E-state index < -0.39 is 0 Å². The zero-order valence-corrected chi connectivity index (χ0v) is 11.1. The van der Waals surface area contributed by atoms with E-state index in [-0.39, 0.29) is 11.3 Å². The molecule has 1 saturated carbocycles. The van der Waals surface area contributed by atoms with Gasteiger partial charge in [-0.15, -0.1) is 0 Å². The highest BCUT2D eigenvalue weighted by Crippen LogP contribution is 2.49. The maximum atomic E-state index is 8.59. The molecule has 1 aromatic rings. The molecule has 1 aromatic carbocycles. The lowest BCUT2D eigenvalue weighted by molar-refractivity contribution is 0.236. The van der Waals surface area contributed by atoms with E-state index in [4.69, 9.17) is 27.3 Å². The van der Waals surface area contributed by atoms with Gasteiger partial charge in [0.15, 0.2) is 0 Å². The van der Waals surface area contributed by atoms with Gasteiger partial charge in [-0.2, -0.15) is 0 Å². The zero-order valence-electron chi connectivity index (χ0n) is 10.3. The summed E-state index contributed by atoms with van der Waals surface area (Å²) < 4.78 is 5.77. The van der Waals surface area contributed by atoms with E-state index in [1.165, 1.54) is 0 Å². The lowest BCUT2D eigenvalue weighted by Crippen LogP contribution is -2.22. The molecule has 4 nitrogen and oxygen atoms in total. The number of hydrogen-bond acceptors (Lipinski definition) is 3. The highest BCUT2D eigenvalue weighted by molar-refractivity contribution is 6.32. The van der Waals surface area contributed by atoms with Crippen LogP contribution in [0.15, 0.2) is 23.4 Å². The number of nitrogens with two attached hydrogens (primary N) is 1.